The number of nitrogens with one attached hydrogen (secondary N) is 2. The van der Waals surface area contributed by atoms with E-state index in [0.29, 0.717) is 17.4 Å². The standard InChI is InChI=1S/C20H35N3O2.2ClH/c1-25-16-4-12-23(13-5-16)20(6-2-3-7-20)15-22-18(24)17-14-19(17)8-10-21-11-9-19;;/h16-17,21H,2-15H2,1H3,(H,22,24);2*1H. The van der Waals surface area contributed by atoms with E-state index in [2.05, 4.69) is 15.5 Å². The van der Waals surface area contributed by atoms with Gasteiger partial charge in [-0.25, -0.2) is 0 Å². The van der Waals surface area contributed by atoms with E-state index < -0.39 is 0 Å². The fraction of sp³-hybridized carbons (Fsp3) is 0.950. The second-order valence-corrected chi connectivity index (χ2v) is 8.94. The Balaban J connectivity index is 0.00000131. The Bertz CT molecular complexity index is 486. The highest BCUT2D eigenvalue weighted by Gasteiger charge is 2.57. The molecule has 7 heteroatoms. The summed E-state index contributed by atoms with van der Waals surface area (Å²) in [6.07, 6.45) is 11.3. The zero-order chi connectivity index (χ0) is 17.3. The first kappa shape index (κ1) is 23.2. The molecule has 0 aromatic heterocycles. The first-order chi connectivity index (χ1) is 12.2. The molecule has 2 saturated carbocycles. The van der Waals surface area contributed by atoms with E-state index in [-0.39, 0.29) is 36.3 Å². The van der Waals surface area contributed by atoms with Gasteiger partial charge < -0.3 is 15.4 Å². The van der Waals surface area contributed by atoms with Crippen LogP contribution in [0, 0.1) is 11.3 Å². The molecule has 4 rings (SSSR count). The van der Waals surface area contributed by atoms with E-state index in [1.54, 1.807) is 0 Å². The van der Waals surface area contributed by atoms with Crippen LogP contribution in [0.3, 0.4) is 0 Å². The summed E-state index contributed by atoms with van der Waals surface area (Å²) in [6, 6.07) is 0. The van der Waals surface area contributed by atoms with Gasteiger partial charge >= 0.3 is 0 Å². The van der Waals surface area contributed by atoms with Crippen molar-refractivity contribution in [2.24, 2.45) is 11.3 Å². The van der Waals surface area contributed by atoms with Gasteiger partial charge in [0.1, 0.15) is 0 Å². The summed E-state index contributed by atoms with van der Waals surface area (Å²) in [6.45, 7) is 5.26. The van der Waals surface area contributed by atoms with Crippen molar-refractivity contribution in [3.8, 4) is 0 Å². The summed E-state index contributed by atoms with van der Waals surface area (Å²) < 4.78 is 5.54. The third-order valence-corrected chi connectivity index (χ3v) is 7.68. The molecule has 0 bridgehead atoms. The first-order valence-electron chi connectivity index (χ1n) is 10.4. The Morgan fingerprint density at radius 3 is 2.33 bits per heavy atom. The van der Waals surface area contributed by atoms with Gasteiger partial charge in [0.15, 0.2) is 0 Å². The second kappa shape index (κ2) is 9.62. The fourth-order valence-corrected chi connectivity index (χ4v) is 5.77. The molecule has 2 aliphatic carbocycles. The van der Waals surface area contributed by atoms with Crippen molar-refractivity contribution in [1.82, 2.24) is 15.5 Å². The first-order valence-corrected chi connectivity index (χ1v) is 10.4. The van der Waals surface area contributed by atoms with Crippen LogP contribution >= 0.6 is 24.8 Å². The molecule has 27 heavy (non-hydrogen) atoms. The topological polar surface area (TPSA) is 53.6 Å². The molecule has 2 aliphatic heterocycles. The van der Waals surface area contributed by atoms with Crippen LogP contribution in [-0.2, 0) is 9.53 Å². The molecule has 0 aromatic carbocycles. The van der Waals surface area contributed by atoms with Crippen molar-refractivity contribution in [2.75, 3.05) is 39.8 Å². The average Bonchev–Trinajstić information content (AvgIpc) is 3.13. The van der Waals surface area contributed by atoms with E-state index in [1.807, 2.05) is 7.11 Å². The summed E-state index contributed by atoms with van der Waals surface area (Å²) in [7, 11) is 1.83. The number of rotatable bonds is 5. The predicted octanol–water partition coefficient (Wildman–Crippen LogP) is 2.76. The monoisotopic (exact) mass is 421 g/mol. The van der Waals surface area contributed by atoms with Crippen LogP contribution in [0.5, 0.6) is 0 Å². The van der Waals surface area contributed by atoms with E-state index in [1.165, 1.54) is 38.5 Å². The van der Waals surface area contributed by atoms with Crippen LogP contribution < -0.4 is 10.6 Å². The number of carbonyl (C=O) groups is 1. The Hall–Kier alpha value is -0.0700. The van der Waals surface area contributed by atoms with Gasteiger partial charge in [0, 0.05) is 38.2 Å². The maximum Gasteiger partial charge on any atom is 0.223 e. The summed E-state index contributed by atoms with van der Waals surface area (Å²) in [5.74, 6) is 0.618. The van der Waals surface area contributed by atoms with Crippen molar-refractivity contribution < 1.29 is 9.53 Å². The highest BCUT2D eigenvalue weighted by molar-refractivity contribution is 5.85. The maximum atomic E-state index is 12.8. The number of piperidine rings is 2. The Morgan fingerprint density at radius 2 is 1.74 bits per heavy atom. The van der Waals surface area contributed by atoms with Crippen molar-refractivity contribution in [3.05, 3.63) is 0 Å². The number of nitrogens with zero attached hydrogens (tertiary/aromatic N) is 1. The predicted molar refractivity (Wildman–Crippen MR) is 113 cm³/mol. The van der Waals surface area contributed by atoms with Crippen LogP contribution in [0.15, 0.2) is 0 Å². The van der Waals surface area contributed by atoms with Gasteiger partial charge in [0.25, 0.3) is 0 Å². The largest absolute Gasteiger partial charge is 0.381 e. The normalized spacial score (nSPS) is 29.6. The fourth-order valence-electron chi connectivity index (χ4n) is 5.77. The van der Waals surface area contributed by atoms with Crippen LogP contribution in [-0.4, -0.2) is 62.3 Å². The lowest BCUT2D eigenvalue weighted by Crippen LogP contribution is -2.57. The SMILES string of the molecule is COC1CCN(C2(CNC(=O)C3CC34CCNCC4)CCCC2)CC1.Cl.Cl. The number of hydrogen-bond donors (Lipinski definition) is 2. The Labute approximate surface area is 176 Å². The van der Waals surface area contributed by atoms with Crippen LogP contribution in [0.1, 0.15) is 57.8 Å². The number of hydrogen-bond acceptors (Lipinski definition) is 4. The molecule has 1 spiro atoms. The lowest BCUT2D eigenvalue weighted by atomic mass is 9.90. The van der Waals surface area contributed by atoms with Gasteiger partial charge in [-0.15, -0.1) is 24.8 Å². The third kappa shape index (κ3) is 4.75. The van der Waals surface area contributed by atoms with E-state index in [9.17, 15) is 4.79 Å². The van der Waals surface area contributed by atoms with Crippen LogP contribution in [0.2, 0.25) is 0 Å². The summed E-state index contributed by atoms with van der Waals surface area (Å²) in [4.78, 5) is 15.5. The lowest BCUT2D eigenvalue weighted by molar-refractivity contribution is -0.124. The molecule has 1 amide bonds. The minimum absolute atomic E-state index is 0. The Kier molecular flexibility index (Phi) is 8.27. The van der Waals surface area contributed by atoms with E-state index in [0.717, 1.165) is 52.0 Å². The molecule has 2 saturated heterocycles. The van der Waals surface area contributed by atoms with Gasteiger partial charge in [0.2, 0.25) is 5.91 Å². The molecule has 4 aliphatic rings. The quantitative estimate of drug-likeness (QED) is 0.716. The zero-order valence-electron chi connectivity index (χ0n) is 16.6. The van der Waals surface area contributed by atoms with Gasteiger partial charge in [-0.2, -0.15) is 0 Å². The molecule has 0 aromatic rings. The molecule has 1 atom stereocenters. The van der Waals surface area contributed by atoms with Gasteiger partial charge in [-0.05, 0) is 63.5 Å². The van der Waals surface area contributed by atoms with Crippen molar-refractivity contribution >= 4 is 30.7 Å². The molecular formula is C20H37Cl2N3O2. The van der Waals surface area contributed by atoms with Crippen molar-refractivity contribution in [1.29, 1.82) is 0 Å². The molecule has 158 valence electrons. The molecule has 5 nitrogen and oxygen atoms in total. The van der Waals surface area contributed by atoms with Gasteiger partial charge in [-0.1, -0.05) is 12.8 Å². The minimum Gasteiger partial charge on any atom is -0.381 e. The van der Waals surface area contributed by atoms with Gasteiger partial charge in [-0.3, -0.25) is 9.69 Å². The second-order valence-electron chi connectivity index (χ2n) is 8.94. The molecule has 1 unspecified atom stereocenters. The summed E-state index contributed by atoms with van der Waals surface area (Å²) in [5, 5.41) is 6.81. The summed E-state index contributed by atoms with van der Waals surface area (Å²) in [5.41, 5.74) is 0.555. The van der Waals surface area contributed by atoms with Crippen LogP contribution in [0.4, 0.5) is 0 Å². The van der Waals surface area contributed by atoms with Gasteiger partial charge in [0.05, 0.1) is 6.10 Å². The number of ether oxygens (including phenoxy) is 1. The molecule has 2 heterocycles. The third-order valence-electron chi connectivity index (χ3n) is 7.68. The average molecular weight is 422 g/mol. The highest BCUT2D eigenvalue weighted by atomic mass is 35.5. The molecular weight excluding hydrogens is 385 g/mol. The smallest absolute Gasteiger partial charge is 0.223 e. The number of methoxy groups -OCH3 is 1. The number of halogens is 2. The highest BCUT2D eigenvalue weighted by Crippen LogP contribution is 2.58. The van der Waals surface area contributed by atoms with E-state index in [4.69, 9.17) is 4.74 Å². The van der Waals surface area contributed by atoms with Crippen molar-refractivity contribution in [2.45, 2.75) is 69.4 Å². The number of amides is 1. The maximum absolute atomic E-state index is 12.8. The van der Waals surface area contributed by atoms with E-state index >= 15 is 0 Å². The summed E-state index contributed by atoms with van der Waals surface area (Å²) >= 11 is 0. The number of carbonyl (C=O) groups excluding carboxylic acids is 1. The Morgan fingerprint density at radius 1 is 1.11 bits per heavy atom. The van der Waals surface area contributed by atoms with Crippen molar-refractivity contribution in [3.63, 3.8) is 0 Å². The van der Waals surface area contributed by atoms with Crippen LogP contribution in [0.25, 0.3) is 0 Å². The minimum atomic E-state index is 0. The number of likely N-dealkylation sites (tertiary alicyclic amines) is 1. The zero-order valence-corrected chi connectivity index (χ0v) is 18.3. The molecule has 0 radical (unpaired) electrons. The lowest BCUT2D eigenvalue weighted by Gasteiger charge is -2.45. The molecule has 4 fully saturated rings. The molecule has 2 N–H and O–H groups in total.